The Labute approximate surface area is 95.4 Å². The second kappa shape index (κ2) is 5.24. The zero-order chi connectivity index (χ0) is 13.1. The molecule has 0 aromatic carbocycles. The molecule has 2 atom stereocenters. The quantitative estimate of drug-likeness (QED) is 0.705. The van der Waals surface area contributed by atoms with E-state index in [0.717, 1.165) is 0 Å². The lowest BCUT2D eigenvalue weighted by atomic mass is 10.1. The number of alkyl halides is 3. The van der Waals surface area contributed by atoms with Crippen LogP contribution in [0.5, 0.6) is 0 Å². The van der Waals surface area contributed by atoms with E-state index in [1.807, 2.05) is 0 Å². The molecule has 0 saturated heterocycles. The molecule has 0 aromatic rings. The van der Waals surface area contributed by atoms with Crippen molar-refractivity contribution in [1.29, 1.82) is 0 Å². The molecule has 0 radical (unpaired) electrons. The zero-order valence-corrected chi connectivity index (χ0v) is 8.88. The molecule has 98 valence electrons. The van der Waals surface area contributed by atoms with Gasteiger partial charge in [0, 0.05) is 6.04 Å². The molecule has 1 aliphatic carbocycles. The Bertz CT molecular complexity index is 306. The van der Waals surface area contributed by atoms with Gasteiger partial charge in [-0.25, -0.2) is 4.79 Å². The molecule has 0 bridgehead atoms. The average Bonchev–Trinajstić information content (AvgIpc) is 2.62. The minimum atomic E-state index is -4.45. The summed E-state index contributed by atoms with van der Waals surface area (Å²) >= 11 is 0. The lowest BCUT2D eigenvalue weighted by Crippen LogP contribution is -2.44. The molecule has 1 aliphatic rings. The Morgan fingerprint density at radius 1 is 1.29 bits per heavy atom. The van der Waals surface area contributed by atoms with Crippen molar-refractivity contribution in [2.75, 3.05) is 6.54 Å². The van der Waals surface area contributed by atoms with Gasteiger partial charge >= 0.3 is 18.2 Å². The van der Waals surface area contributed by atoms with Gasteiger partial charge in [0.25, 0.3) is 0 Å². The van der Waals surface area contributed by atoms with Gasteiger partial charge in [0.2, 0.25) is 0 Å². The standard InChI is InChI=1S/C9H13F3N2O3/c10-9(11,12)4-13-8(17)14-6-2-1-5(3-6)7(15)16/h5-6H,1-4H2,(H,15,16)(H2,13,14,17). The first kappa shape index (κ1) is 13.6. The molecule has 1 fully saturated rings. The fourth-order valence-corrected chi connectivity index (χ4v) is 1.75. The predicted molar refractivity (Wildman–Crippen MR) is 51.4 cm³/mol. The van der Waals surface area contributed by atoms with Crippen LogP contribution in [0.4, 0.5) is 18.0 Å². The fourth-order valence-electron chi connectivity index (χ4n) is 1.75. The SMILES string of the molecule is O=C(NCC(F)(F)F)NC1CCC(C(=O)O)C1. The highest BCUT2D eigenvalue weighted by molar-refractivity contribution is 5.75. The number of hydrogen-bond acceptors (Lipinski definition) is 2. The normalized spacial score (nSPS) is 24.4. The third kappa shape index (κ3) is 4.92. The highest BCUT2D eigenvalue weighted by Crippen LogP contribution is 2.25. The summed E-state index contributed by atoms with van der Waals surface area (Å²) in [6, 6.07) is -1.29. The monoisotopic (exact) mass is 254 g/mol. The van der Waals surface area contributed by atoms with Crippen LogP contribution in [0.3, 0.4) is 0 Å². The molecule has 5 nitrogen and oxygen atoms in total. The Morgan fingerprint density at radius 2 is 1.94 bits per heavy atom. The smallest absolute Gasteiger partial charge is 0.405 e. The molecular formula is C9H13F3N2O3. The summed E-state index contributed by atoms with van der Waals surface area (Å²) in [7, 11) is 0. The average molecular weight is 254 g/mol. The summed E-state index contributed by atoms with van der Waals surface area (Å²) in [5.41, 5.74) is 0. The van der Waals surface area contributed by atoms with E-state index < -0.39 is 30.6 Å². The van der Waals surface area contributed by atoms with Gasteiger partial charge in [-0.05, 0) is 19.3 Å². The first-order valence-corrected chi connectivity index (χ1v) is 5.12. The molecule has 17 heavy (non-hydrogen) atoms. The summed E-state index contributed by atoms with van der Waals surface area (Å²) in [5.74, 6) is -1.46. The van der Waals surface area contributed by atoms with Gasteiger partial charge in [-0.2, -0.15) is 13.2 Å². The Morgan fingerprint density at radius 3 is 2.41 bits per heavy atom. The van der Waals surface area contributed by atoms with E-state index in [9.17, 15) is 22.8 Å². The van der Waals surface area contributed by atoms with Gasteiger partial charge in [-0.15, -0.1) is 0 Å². The molecule has 0 aromatic heterocycles. The fraction of sp³-hybridized carbons (Fsp3) is 0.778. The third-order valence-electron chi connectivity index (χ3n) is 2.57. The molecule has 2 amide bonds. The van der Waals surface area contributed by atoms with Crippen LogP contribution in [-0.4, -0.2) is 35.9 Å². The number of carbonyl (C=O) groups is 2. The number of hydrogen-bond donors (Lipinski definition) is 3. The Hall–Kier alpha value is -1.47. The molecule has 2 unspecified atom stereocenters. The lowest BCUT2D eigenvalue weighted by molar-refractivity contribution is -0.141. The largest absolute Gasteiger partial charge is 0.481 e. The third-order valence-corrected chi connectivity index (χ3v) is 2.57. The van der Waals surface area contributed by atoms with Gasteiger partial charge in [0.15, 0.2) is 0 Å². The van der Waals surface area contributed by atoms with Crippen LogP contribution < -0.4 is 10.6 Å². The van der Waals surface area contributed by atoms with E-state index in [-0.39, 0.29) is 12.5 Å². The Balaban J connectivity index is 2.26. The maximum absolute atomic E-state index is 11.8. The molecule has 0 spiro atoms. The second-order valence-electron chi connectivity index (χ2n) is 3.99. The van der Waals surface area contributed by atoms with Crippen LogP contribution in [0.25, 0.3) is 0 Å². The first-order chi connectivity index (χ1) is 7.78. The van der Waals surface area contributed by atoms with Gasteiger partial charge < -0.3 is 15.7 Å². The number of aliphatic carboxylic acids is 1. The van der Waals surface area contributed by atoms with Crippen molar-refractivity contribution in [3.05, 3.63) is 0 Å². The van der Waals surface area contributed by atoms with Crippen LogP contribution in [-0.2, 0) is 4.79 Å². The highest BCUT2D eigenvalue weighted by Gasteiger charge is 2.32. The molecule has 1 saturated carbocycles. The molecule has 0 heterocycles. The summed E-state index contributed by atoms with van der Waals surface area (Å²) in [6.07, 6.45) is -3.29. The van der Waals surface area contributed by atoms with E-state index in [1.54, 1.807) is 5.32 Å². The van der Waals surface area contributed by atoms with Crippen LogP contribution in [0.1, 0.15) is 19.3 Å². The van der Waals surface area contributed by atoms with Crippen molar-refractivity contribution in [1.82, 2.24) is 10.6 Å². The van der Waals surface area contributed by atoms with E-state index >= 15 is 0 Å². The van der Waals surface area contributed by atoms with E-state index in [0.29, 0.717) is 12.8 Å². The maximum atomic E-state index is 11.8. The van der Waals surface area contributed by atoms with Gasteiger partial charge in [0.05, 0.1) is 5.92 Å². The molecule has 8 heteroatoms. The number of amides is 2. The van der Waals surface area contributed by atoms with E-state index in [4.69, 9.17) is 5.11 Å². The lowest BCUT2D eigenvalue weighted by Gasteiger charge is -2.14. The van der Waals surface area contributed by atoms with Crippen molar-refractivity contribution in [2.24, 2.45) is 5.92 Å². The van der Waals surface area contributed by atoms with Crippen molar-refractivity contribution < 1.29 is 27.9 Å². The number of urea groups is 1. The highest BCUT2D eigenvalue weighted by atomic mass is 19.4. The van der Waals surface area contributed by atoms with Crippen LogP contribution in [0.15, 0.2) is 0 Å². The van der Waals surface area contributed by atoms with Crippen molar-refractivity contribution in [3.63, 3.8) is 0 Å². The predicted octanol–water partition coefficient (Wildman–Crippen LogP) is 1.10. The van der Waals surface area contributed by atoms with Gasteiger partial charge in [-0.3, -0.25) is 4.79 Å². The minimum Gasteiger partial charge on any atom is -0.481 e. The van der Waals surface area contributed by atoms with Crippen LogP contribution in [0, 0.1) is 5.92 Å². The number of rotatable bonds is 3. The molecule has 1 rings (SSSR count). The van der Waals surface area contributed by atoms with E-state index in [1.165, 1.54) is 0 Å². The number of carboxylic acid groups (broad SMARTS) is 1. The summed E-state index contributed by atoms with van der Waals surface area (Å²) in [4.78, 5) is 21.7. The molecular weight excluding hydrogens is 241 g/mol. The number of halogens is 3. The maximum Gasteiger partial charge on any atom is 0.405 e. The summed E-state index contributed by atoms with van der Waals surface area (Å²) in [5, 5.41) is 12.7. The van der Waals surface area contributed by atoms with Gasteiger partial charge in [0.1, 0.15) is 6.54 Å². The minimum absolute atomic E-state index is 0.259. The van der Waals surface area contributed by atoms with Crippen LogP contribution >= 0.6 is 0 Å². The number of nitrogens with one attached hydrogen (secondary N) is 2. The first-order valence-electron chi connectivity index (χ1n) is 5.12. The topological polar surface area (TPSA) is 78.4 Å². The second-order valence-corrected chi connectivity index (χ2v) is 3.99. The number of carboxylic acids is 1. The van der Waals surface area contributed by atoms with Gasteiger partial charge in [-0.1, -0.05) is 0 Å². The van der Waals surface area contributed by atoms with E-state index in [2.05, 4.69) is 5.32 Å². The zero-order valence-electron chi connectivity index (χ0n) is 8.88. The summed E-state index contributed by atoms with van der Waals surface area (Å²) in [6.45, 7) is -1.39. The van der Waals surface area contributed by atoms with Crippen LogP contribution in [0.2, 0.25) is 0 Å². The van der Waals surface area contributed by atoms with Crippen molar-refractivity contribution in [3.8, 4) is 0 Å². The molecule has 3 N–H and O–H groups in total. The number of carbonyl (C=O) groups excluding carboxylic acids is 1. The van der Waals surface area contributed by atoms with Crippen molar-refractivity contribution in [2.45, 2.75) is 31.5 Å². The molecule has 0 aliphatic heterocycles. The summed E-state index contributed by atoms with van der Waals surface area (Å²) < 4.78 is 35.3. The Kier molecular flexibility index (Phi) is 4.19. The van der Waals surface area contributed by atoms with Crippen molar-refractivity contribution >= 4 is 12.0 Å².